The smallest absolute Gasteiger partial charge is 0.450 e. The van der Waals surface area contributed by atoms with E-state index in [1.54, 1.807) is 10.6 Å². The average molecular weight is 411 g/mol. The number of alkyl halides is 3. The molecular formula is C19H24F3N5O2. The Morgan fingerprint density at radius 3 is 2.34 bits per heavy atom. The number of nitrogens with zero attached hydrogens (tertiary/aromatic N) is 5. The van der Waals surface area contributed by atoms with Gasteiger partial charge in [-0.3, -0.25) is 4.79 Å². The Bertz CT molecular complexity index is 802. The second-order valence-electron chi connectivity index (χ2n) is 7.30. The van der Waals surface area contributed by atoms with E-state index in [1.807, 2.05) is 0 Å². The number of nitriles is 1. The van der Waals surface area contributed by atoms with Crippen molar-refractivity contribution in [2.75, 3.05) is 19.7 Å². The van der Waals surface area contributed by atoms with Gasteiger partial charge in [-0.15, -0.1) is 10.2 Å². The van der Waals surface area contributed by atoms with Crippen molar-refractivity contribution in [3.8, 4) is 6.07 Å². The van der Waals surface area contributed by atoms with E-state index in [4.69, 9.17) is 4.74 Å². The molecule has 0 aromatic carbocycles. The van der Waals surface area contributed by atoms with Crippen LogP contribution in [0.4, 0.5) is 13.2 Å². The first kappa shape index (κ1) is 21.1. The molecule has 0 atom stereocenters. The van der Waals surface area contributed by atoms with E-state index in [0.717, 1.165) is 44.9 Å². The molecular weight excluding hydrogens is 387 g/mol. The minimum absolute atomic E-state index is 0.154. The van der Waals surface area contributed by atoms with Gasteiger partial charge in [0.15, 0.2) is 12.4 Å². The number of aryl methyl sites for hydroxylation is 1. The van der Waals surface area contributed by atoms with Gasteiger partial charge >= 0.3 is 6.18 Å². The van der Waals surface area contributed by atoms with Crippen molar-refractivity contribution < 1.29 is 22.7 Å². The number of ether oxygens (including phenoxy) is 1. The summed E-state index contributed by atoms with van der Waals surface area (Å²) in [5.41, 5.74) is -0.734. The van der Waals surface area contributed by atoms with E-state index in [0.29, 0.717) is 31.9 Å². The van der Waals surface area contributed by atoms with Crippen LogP contribution in [0.2, 0.25) is 0 Å². The number of fused-ring (bicyclic) bond motifs is 1. The Hall–Kier alpha value is -2.57. The third-order valence-corrected chi connectivity index (χ3v) is 5.23. The SMILES string of the molecule is N#CC(=C(OCC(=O)N1CCCCCC1)C(F)(F)F)c1nnc2n1CCCCC2. The van der Waals surface area contributed by atoms with Crippen LogP contribution in [0.3, 0.4) is 0 Å². The number of rotatable bonds is 4. The van der Waals surface area contributed by atoms with Crippen LogP contribution < -0.4 is 0 Å². The Kier molecular flexibility index (Phi) is 6.77. The van der Waals surface area contributed by atoms with E-state index in [-0.39, 0.29) is 5.82 Å². The van der Waals surface area contributed by atoms with E-state index in [2.05, 4.69) is 10.2 Å². The lowest BCUT2D eigenvalue weighted by molar-refractivity contribution is -0.146. The molecule has 1 aromatic heterocycles. The molecule has 158 valence electrons. The fourth-order valence-electron chi connectivity index (χ4n) is 3.71. The van der Waals surface area contributed by atoms with Crippen molar-refractivity contribution in [3.63, 3.8) is 0 Å². The average Bonchev–Trinajstić information content (AvgIpc) is 2.89. The van der Waals surface area contributed by atoms with Gasteiger partial charge in [0, 0.05) is 26.1 Å². The summed E-state index contributed by atoms with van der Waals surface area (Å²) >= 11 is 0. The Balaban J connectivity index is 1.86. The summed E-state index contributed by atoms with van der Waals surface area (Å²) in [5.74, 6) is -1.58. The summed E-state index contributed by atoms with van der Waals surface area (Å²) in [7, 11) is 0. The molecule has 0 N–H and O–H groups in total. The molecule has 7 nitrogen and oxygen atoms in total. The lowest BCUT2D eigenvalue weighted by Crippen LogP contribution is -2.35. The number of carbonyl (C=O) groups excluding carboxylic acids is 1. The van der Waals surface area contributed by atoms with Crippen LogP contribution in [0.25, 0.3) is 5.57 Å². The molecule has 0 aliphatic carbocycles. The van der Waals surface area contributed by atoms with Crippen molar-refractivity contribution in [1.82, 2.24) is 19.7 Å². The number of hydrogen-bond acceptors (Lipinski definition) is 5. The minimum Gasteiger partial charge on any atom is -0.478 e. The zero-order valence-corrected chi connectivity index (χ0v) is 16.2. The summed E-state index contributed by atoms with van der Waals surface area (Å²) < 4.78 is 47.6. The van der Waals surface area contributed by atoms with Gasteiger partial charge in [0.1, 0.15) is 17.5 Å². The van der Waals surface area contributed by atoms with Gasteiger partial charge in [0.05, 0.1) is 0 Å². The monoisotopic (exact) mass is 411 g/mol. The van der Waals surface area contributed by atoms with Gasteiger partial charge in [-0.2, -0.15) is 18.4 Å². The van der Waals surface area contributed by atoms with Crippen LogP contribution in [-0.2, 0) is 22.5 Å². The summed E-state index contributed by atoms with van der Waals surface area (Å²) in [6, 6.07) is 1.58. The summed E-state index contributed by atoms with van der Waals surface area (Å²) in [6.45, 7) is 0.702. The molecule has 10 heteroatoms. The van der Waals surface area contributed by atoms with Gasteiger partial charge in [-0.05, 0) is 25.7 Å². The molecule has 0 radical (unpaired) electrons. The highest BCUT2D eigenvalue weighted by atomic mass is 19.4. The number of likely N-dealkylation sites (tertiary alicyclic amines) is 1. The predicted molar refractivity (Wildman–Crippen MR) is 97.2 cm³/mol. The molecule has 0 bridgehead atoms. The van der Waals surface area contributed by atoms with Gasteiger partial charge < -0.3 is 14.2 Å². The summed E-state index contributed by atoms with van der Waals surface area (Å²) in [6.07, 6.45) is 1.88. The van der Waals surface area contributed by atoms with E-state index in [1.165, 1.54) is 4.90 Å². The van der Waals surface area contributed by atoms with Gasteiger partial charge in [0.2, 0.25) is 5.76 Å². The summed E-state index contributed by atoms with van der Waals surface area (Å²) in [5, 5.41) is 17.3. The zero-order chi connectivity index (χ0) is 20.9. The number of allylic oxidation sites excluding steroid dienone is 2. The van der Waals surface area contributed by atoms with Crippen LogP contribution in [0, 0.1) is 11.3 Å². The van der Waals surface area contributed by atoms with Crippen LogP contribution in [0.15, 0.2) is 5.76 Å². The molecule has 2 aliphatic heterocycles. The standard InChI is InChI=1S/C19H24F3N5O2/c20-19(21,22)17(29-13-16(28)26-9-5-1-2-6-10-26)14(12-23)18-25-24-15-8-4-3-7-11-27(15)18/h1-11,13H2. The van der Waals surface area contributed by atoms with Crippen LogP contribution in [0.1, 0.15) is 56.6 Å². The fourth-order valence-corrected chi connectivity index (χ4v) is 3.71. The molecule has 1 fully saturated rings. The highest BCUT2D eigenvalue weighted by Crippen LogP contribution is 2.33. The number of halogens is 3. The highest BCUT2D eigenvalue weighted by molar-refractivity contribution is 5.79. The van der Waals surface area contributed by atoms with Crippen LogP contribution in [0.5, 0.6) is 0 Å². The molecule has 0 spiro atoms. The first-order chi connectivity index (χ1) is 13.9. The number of hydrogen-bond donors (Lipinski definition) is 0. The van der Waals surface area contributed by atoms with Crippen molar-refractivity contribution in [3.05, 3.63) is 17.4 Å². The van der Waals surface area contributed by atoms with E-state index >= 15 is 0 Å². The maximum Gasteiger partial charge on any atom is 0.450 e. The fraction of sp³-hybridized carbons (Fsp3) is 0.684. The Morgan fingerprint density at radius 1 is 1.03 bits per heavy atom. The third kappa shape index (κ3) is 5.08. The molecule has 0 saturated carbocycles. The van der Waals surface area contributed by atoms with Gasteiger partial charge in [-0.25, -0.2) is 0 Å². The number of aromatic nitrogens is 3. The Morgan fingerprint density at radius 2 is 1.69 bits per heavy atom. The molecule has 1 saturated heterocycles. The molecule has 2 aliphatic rings. The maximum atomic E-state index is 13.7. The number of carbonyl (C=O) groups is 1. The topological polar surface area (TPSA) is 84.0 Å². The normalized spacial score (nSPS) is 18.8. The van der Waals surface area contributed by atoms with Gasteiger partial charge in [-0.1, -0.05) is 19.3 Å². The first-order valence-corrected chi connectivity index (χ1v) is 9.96. The van der Waals surface area contributed by atoms with Crippen LogP contribution in [-0.4, -0.2) is 51.4 Å². The van der Waals surface area contributed by atoms with Crippen molar-refractivity contribution in [1.29, 1.82) is 5.26 Å². The summed E-state index contributed by atoms with van der Waals surface area (Å²) in [4.78, 5) is 13.9. The quantitative estimate of drug-likeness (QED) is 0.561. The predicted octanol–water partition coefficient (Wildman–Crippen LogP) is 3.22. The van der Waals surface area contributed by atoms with Crippen molar-refractivity contribution in [2.45, 2.75) is 64.1 Å². The molecule has 29 heavy (non-hydrogen) atoms. The largest absolute Gasteiger partial charge is 0.478 e. The first-order valence-electron chi connectivity index (χ1n) is 9.96. The molecule has 0 unspecified atom stereocenters. The van der Waals surface area contributed by atoms with Gasteiger partial charge in [0.25, 0.3) is 5.91 Å². The van der Waals surface area contributed by atoms with E-state index in [9.17, 15) is 23.2 Å². The van der Waals surface area contributed by atoms with Crippen molar-refractivity contribution >= 4 is 11.5 Å². The Labute approximate surface area is 167 Å². The molecule has 1 amide bonds. The second kappa shape index (κ2) is 9.29. The van der Waals surface area contributed by atoms with Crippen molar-refractivity contribution in [2.24, 2.45) is 0 Å². The second-order valence-corrected chi connectivity index (χ2v) is 7.30. The lowest BCUT2D eigenvalue weighted by atomic mass is 10.2. The zero-order valence-electron chi connectivity index (χ0n) is 16.2. The highest BCUT2D eigenvalue weighted by Gasteiger charge is 2.41. The van der Waals surface area contributed by atoms with Crippen LogP contribution >= 0.6 is 0 Å². The van der Waals surface area contributed by atoms with E-state index < -0.39 is 30.0 Å². The third-order valence-electron chi connectivity index (χ3n) is 5.23. The molecule has 3 heterocycles. The molecule has 3 rings (SSSR count). The minimum atomic E-state index is -4.93. The lowest BCUT2D eigenvalue weighted by Gasteiger charge is -2.22. The maximum absolute atomic E-state index is 13.7. The molecule has 1 aromatic rings. The number of amides is 1.